The summed E-state index contributed by atoms with van der Waals surface area (Å²) in [5.74, 6) is -1.55. The summed E-state index contributed by atoms with van der Waals surface area (Å²) in [5, 5.41) is 11.6. The number of nitrogens with zero attached hydrogens (tertiary/aromatic N) is 1. The molecule has 98 valence electrons. The van der Waals surface area contributed by atoms with E-state index in [0.717, 1.165) is 0 Å². The van der Waals surface area contributed by atoms with Gasteiger partial charge in [-0.3, -0.25) is 0 Å². The Morgan fingerprint density at radius 1 is 1.37 bits per heavy atom. The molecule has 0 saturated heterocycles. The number of benzene rings is 1. The van der Waals surface area contributed by atoms with E-state index >= 15 is 0 Å². The molecule has 0 saturated carbocycles. The fourth-order valence-corrected chi connectivity index (χ4v) is 1.58. The van der Waals surface area contributed by atoms with Crippen molar-refractivity contribution < 1.29 is 14.3 Å². The van der Waals surface area contributed by atoms with Gasteiger partial charge in [0.25, 0.3) is 0 Å². The van der Waals surface area contributed by atoms with E-state index in [4.69, 9.17) is 22.4 Å². The number of carboxylic acid groups (broad SMARTS) is 1. The summed E-state index contributed by atoms with van der Waals surface area (Å²) >= 11 is 5.64. The van der Waals surface area contributed by atoms with Gasteiger partial charge in [0.05, 0.1) is 10.7 Å². The third kappa shape index (κ3) is 2.92. The van der Waals surface area contributed by atoms with E-state index in [2.05, 4.69) is 10.3 Å². The summed E-state index contributed by atoms with van der Waals surface area (Å²) in [6.07, 6.45) is 0. The van der Waals surface area contributed by atoms with E-state index in [-0.39, 0.29) is 22.2 Å². The predicted molar refractivity (Wildman–Crippen MR) is 70.3 cm³/mol. The van der Waals surface area contributed by atoms with Gasteiger partial charge in [-0.25, -0.2) is 14.2 Å². The van der Waals surface area contributed by atoms with Crippen molar-refractivity contribution in [2.24, 2.45) is 0 Å². The van der Waals surface area contributed by atoms with Crippen LogP contribution in [0.3, 0.4) is 0 Å². The van der Waals surface area contributed by atoms with Crippen molar-refractivity contribution in [3.05, 3.63) is 46.9 Å². The molecule has 0 spiro atoms. The predicted octanol–water partition coefficient (Wildman–Crippen LogP) is 2.90. The van der Waals surface area contributed by atoms with Crippen LogP contribution in [-0.2, 0) is 0 Å². The number of nitrogen functional groups attached to an aromatic ring is 1. The molecule has 7 heteroatoms. The van der Waals surface area contributed by atoms with Crippen molar-refractivity contribution in [3.63, 3.8) is 0 Å². The minimum Gasteiger partial charge on any atom is -0.477 e. The van der Waals surface area contributed by atoms with Crippen molar-refractivity contribution >= 4 is 34.8 Å². The number of nitrogens with one attached hydrogen (secondary N) is 1. The molecule has 0 bridgehead atoms. The molecule has 0 aliphatic rings. The molecule has 0 aliphatic carbocycles. The second-order valence-corrected chi connectivity index (χ2v) is 4.10. The van der Waals surface area contributed by atoms with Gasteiger partial charge in [-0.15, -0.1) is 0 Å². The van der Waals surface area contributed by atoms with Crippen molar-refractivity contribution in [2.45, 2.75) is 0 Å². The molecule has 4 N–H and O–H groups in total. The number of nitrogens with two attached hydrogens (primary N) is 1. The molecule has 1 aromatic heterocycles. The molecule has 1 aromatic carbocycles. The third-order valence-electron chi connectivity index (χ3n) is 2.33. The van der Waals surface area contributed by atoms with Gasteiger partial charge < -0.3 is 16.2 Å². The molecule has 2 rings (SSSR count). The van der Waals surface area contributed by atoms with Crippen LogP contribution in [0.1, 0.15) is 10.5 Å². The van der Waals surface area contributed by atoms with Crippen LogP contribution in [0.5, 0.6) is 0 Å². The summed E-state index contributed by atoms with van der Waals surface area (Å²) in [7, 11) is 0. The van der Waals surface area contributed by atoms with Crippen LogP contribution in [0.25, 0.3) is 0 Å². The Hall–Kier alpha value is -2.34. The summed E-state index contributed by atoms with van der Waals surface area (Å²) in [6, 6.07) is 6.69. The van der Waals surface area contributed by atoms with Crippen molar-refractivity contribution in [3.8, 4) is 0 Å². The van der Waals surface area contributed by atoms with Gasteiger partial charge in [-0.1, -0.05) is 11.6 Å². The number of halogens is 2. The van der Waals surface area contributed by atoms with Crippen molar-refractivity contribution in [1.82, 2.24) is 4.98 Å². The zero-order valence-corrected chi connectivity index (χ0v) is 10.3. The number of pyridine rings is 1. The Balaban J connectivity index is 2.34. The SMILES string of the molecule is Nc1ccc(C(=O)O)nc1Nc1ccc(F)c(Cl)c1. The molecule has 0 fully saturated rings. The number of hydrogen-bond acceptors (Lipinski definition) is 4. The zero-order valence-electron chi connectivity index (χ0n) is 9.52. The highest BCUT2D eigenvalue weighted by atomic mass is 35.5. The van der Waals surface area contributed by atoms with E-state index < -0.39 is 11.8 Å². The third-order valence-corrected chi connectivity index (χ3v) is 2.62. The summed E-state index contributed by atoms with van der Waals surface area (Å²) in [4.78, 5) is 14.7. The Labute approximate surface area is 112 Å². The topological polar surface area (TPSA) is 88.2 Å². The van der Waals surface area contributed by atoms with Crippen LogP contribution < -0.4 is 11.1 Å². The Kier molecular flexibility index (Phi) is 3.52. The second kappa shape index (κ2) is 5.11. The van der Waals surface area contributed by atoms with Gasteiger partial charge in [0.2, 0.25) is 0 Å². The van der Waals surface area contributed by atoms with Crippen LogP contribution in [0, 0.1) is 5.82 Å². The molecule has 0 amide bonds. The van der Waals surface area contributed by atoms with E-state index in [1.54, 1.807) is 0 Å². The molecule has 2 aromatic rings. The van der Waals surface area contributed by atoms with E-state index in [1.165, 1.54) is 30.3 Å². The zero-order chi connectivity index (χ0) is 14.0. The first-order valence-electron chi connectivity index (χ1n) is 5.19. The number of hydrogen-bond donors (Lipinski definition) is 3. The second-order valence-electron chi connectivity index (χ2n) is 3.69. The molecule has 5 nitrogen and oxygen atoms in total. The maximum Gasteiger partial charge on any atom is 0.354 e. The number of carboxylic acids is 1. The minimum atomic E-state index is -1.17. The van der Waals surface area contributed by atoms with Gasteiger partial charge in [-0.05, 0) is 30.3 Å². The van der Waals surface area contributed by atoms with Gasteiger partial charge >= 0.3 is 5.97 Å². The van der Waals surface area contributed by atoms with Gasteiger partial charge in [0.15, 0.2) is 11.5 Å². The molecule has 19 heavy (non-hydrogen) atoms. The largest absolute Gasteiger partial charge is 0.477 e. The van der Waals surface area contributed by atoms with Crippen LogP contribution in [0.2, 0.25) is 5.02 Å². The molecule has 1 heterocycles. The Bertz CT molecular complexity index is 649. The quantitative estimate of drug-likeness (QED) is 0.805. The standard InChI is InChI=1S/C12H9ClFN3O2/c13-7-5-6(1-2-8(7)14)16-11-9(15)3-4-10(17-11)12(18)19/h1-5H,15H2,(H,16,17)(H,18,19). The fourth-order valence-electron chi connectivity index (χ4n) is 1.40. The molecular weight excluding hydrogens is 273 g/mol. The maximum atomic E-state index is 13.0. The first-order chi connectivity index (χ1) is 8.97. The molecule has 0 aliphatic heterocycles. The normalized spacial score (nSPS) is 10.2. The van der Waals surface area contributed by atoms with E-state index in [9.17, 15) is 9.18 Å². The monoisotopic (exact) mass is 281 g/mol. The van der Waals surface area contributed by atoms with E-state index in [0.29, 0.717) is 5.69 Å². The maximum absolute atomic E-state index is 13.0. The smallest absolute Gasteiger partial charge is 0.354 e. The number of aromatic nitrogens is 1. The minimum absolute atomic E-state index is 0.0574. The van der Waals surface area contributed by atoms with Gasteiger partial charge in [0, 0.05) is 5.69 Å². The first-order valence-corrected chi connectivity index (χ1v) is 5.57. The highest BCUT2D eigenvalue weighted by Crippen LogP contribution is 2.24. The van der Waals surface area contributed by atoms with Crippen LogP contribution in [0.15, 0.2) is 30.3 Å². The van der Waals surface area contributed by atoms with E-state index in [1.807, 2.05) is 0 Å². The first kappa shape index (κ1) is 13.1. The Morgan fingerprint density at radius 2 is 2.11 bits per heavy atom. The summed E-state index contributed by atoms with van der Waals surface area (Å²) in [6.45, 7) is 0. The van der Waals surface area contributed by atoms with Crippen LogP contribution in [0.4, 0.5) is 21.6 Å². The highest BCUT2D eigenvalue weighted by molar-refractivity contribution is 6.31. The molecule has 0 radical (unpaired) electrons. The number of carbonyl (C=O) groups is 1. The lowest BCUT2D eigenvalue weighted by molar-refractivity contribution is 0.0690. The van der Waals surface area contributed by atoms with Gasteiger partial charge in [-0.2, -0.15) is 0 Å². The Morgan fingerprint density at radius 3 is 2.74 bits per heavy atom. The molecule has 0 unspecified atom stereocenters. The lowest BCUT2D eigenvalue weighted by Gasteiger charge is -2.09. The number of aromatic carboxylic acids is 1. The molecular formula is C12H9ClFN3O2. The summed E-state index contributed by atoms with van der Waals surface area (Å²) in [5.41, 5.74) is 6.25. The fraction of sp³-hybridized carbons (Fsp3) is 0. The lowest BCUT2D eigenvalue weighted by Crippen LogP contribution is -2.05. The van der Waals surface area contributed by atoms with Gasteiger partial charge in [0.1, 0.15) is 5.82 Å². The molecule has 0 atom stereocenters. The summed E-state index contributed by atoms with van der Waals surface area (Å²) < 4.78 is 13.0. The average molecular weight is 282 g/mol. The lowest BCUT2D eigenvalue weighted by atomic mass is 10.3. The van der Waals surface area contributed by atoms with Crippen molar-refractivity contribution in [1.29, 1.82) is 0 Å². The highest BCUT2D eigenvalue weighted by Gasteiger charge is 2.09. The van der Waals surface area contributed by atoms with Crippen LogP contribution >= 0.6 is 11.6 Å². The average Bonchev–Trinajstić information content (AvgIpc) is 2.36. The number of rotatable bonds is 3. The van der Waals surface area contributed by atoms with Crippen LogP contribution in [-0.4, -0.2) is 16.1 Å². The van der Waals surface area contributed by atoms with Crippen molar-refractivity contribution in [2.75, 3.05) is 11.1 Å². The number of anilines is 3.